The van der Waals surface area contributed by atoms with E-state index in [1.807, 2.05) is 37.4 Å². The fraction of sp³-hybridized carbons (Fsp3) is 0.294. The summed E-state index contributed by atoms with van der Waals surface area (Å²) in [7, 11) is 1.96. The molecule has 106 valence electrons. The van der Waals surface area contributed by atoms with E-state index in [9.17, 15) is 5.11 Å². The molecule has 0 amide bonds. The van der Waals surface area contributed by atoms with Gasteiger partial charge in [-0.3, -0.25) is 0 Å². The predicted octanol–water partition coefficient (Wildman–Crippen LogP) is 3.64. The first-order valence-corrected chi connectivity index (χ1v) is 6.91. The molecule has 3 heteroatoms. The maximum Gasteiger partial charge on any atom is 0.124 e. The Kier molecular flexibility index (Phi) is 5.02. The number of aromatic hydroxyl groups is 1. The summed E-state index contributed by atoms with van der Waals surface area (Å²) in [5.41, 5.74) is 2.12. The summed E-state index contributed by atoms with van der Waals surface area (Å²) in [6.45, 7) is 2.60. The molecule has 0 saturated carbocycles. The van der Waals surface area contributed by atoms with Crippen molar-refractivity contribution in [3.05, 3.63) is 59.7 Å². The molecule has 1 unspecified atom stereocenters. The van der Waals surface area contributed by atoms with Crippen LogP contribution in [0.2, 0.25) is 0 Å². The van der Waals surface area contributed by atoms with E-state index in [2.05, 4.69) is 18.3 Å². The third-order valence-corrected chi connectivity index (χ3v) is 3.36. The number of para-hydroxylation sites is 1. The summed E-state index contributed by atoms with van der Waals surface area (Å²) >= 11 is 0. The van der Waals surface area contributed by atoms with E-state index < -0.39 is 0 Å². The number of rotatable bonds is 6. The molecule has 0 fully saturated rings. The second-order valence-electron chi connectivity index (χ2n) is 4.75. The fourth-order valence-corrected chi connectivity index (χ4v) is 2.29. The van der Waals surface area contributed by atoms with Crippen LogP contribution in [0.1, 0.15) is 30.5 Å². The summed E-state index contributed by atoms with van der Waals surface area (Å²) in [6, 6.07) is 15.5. The summed E-state index contributed by atoms with van der Waals surface area (Å²) in [5, 5.41) is 12.8. The Morgan fingerprint density at radius 1 is 1.15 bits per heavy atom. The summed E-state index contributed by atoms with van der Waals surface area (Å²) in [5.74, 6) is 1.15. The monoisotopic (exact) mass is 271 g/mol. The van der Waals surface area contributed by atoms with Crippen LogP contribution in [0.3, 0.4) is 0 Å². The van der Waals surface area contributed by atoms with Crippen molar-refractivity contribution < 1.29 is 9.84 Å². The van der Waals surface area contributed by atoms with Crippen LogP contribution in [-0.4, -0.2) is 12.2 Å². The van der Waals surface area contributed by atoms with Gasteiger partial charge in [0.05, 0.1) is 0 Å². The minimum atomic E-state index is 0.265. The van der Waals surface area contributed by atoms with Gasteiger partial charge in [0.25, 0.3) is 0 Å². The Morgan fingerprint density at radius 2 is 1.95 bits per heavy atom. The van der Waals surface area contributed by atoms with Gasteiger partial charge in [-0.15, -0.1) is 0 Å². The minimum absolute atomic E-state index is 0.265. The van der Waals surface area contributed by atoms with Crippen LogP contribution >= 0.6 is 0 Å². The van der Waals surface area contributed by atoms with E-state index in [1.165, 1.54) is 0 Å². The number of hydrogen-bond acceptors (Lipinski definition) is 3. The molecule has 3 nitrogen and oxygen atoms in total. The molecule has 20 heavy (non-hydrogen) atoms. The lowest BCUT2D eigenvalue weighted by Gasteiger charge is -2.18. The SMILES string of the molecule is CCC(NC)c1ccccc1OCc1cccc(O)c1. The fourth-order valence-electron chi connectivity index (χ4n) is 2.29. The lowest BCUT2D eigenvalue weighted by atomic mass is 10.0. The van der Waals surface area contributed by atoms with Crippen molar-refractivity contribution in [3.8, 4) is 11.5 Å². The van der Waals surface area contributed by atoms with Gasteiger partial charge in [0.15, 0.2) is 0 Å². The van der Waals surface area contributed by atoms with Gasteiger partial charge < -0.3 is 15.2 Å². The van der Waals surface area contributed by atoms with Gasteiger partial charge >= 0.3 is 0 Å². The van der Waals surface area contributed by atoms with E-state index in [1.54, 1.807) is 12.1 Å². The van der Waals surface area contributed by atoms with Crippen molar-refractivity contribution in [2.75, 3.05) is 7.05 Å². The van der Waals surface area contributed by atoms with Crippen LogP contribution in [-0.2, 0) is 6.61 Å². The maximum atomic E-state index is 9.46. The van der Waals surface area contributed by atoms with Gasteiger partial charge in [-0.05, 0) is 37.2 Å². The summed E-state index contributed by atoms with van der Waals surface area (Å²) in [6.07, 6.45) is 1.00. The lowest BCUT2D eigenvalue weighted by Crippen LogP contribution is -2.16. The van der Waals surface area contributed by atoms with Crippen molar-refractivity contribution in [2.24, 2.45) is 0 Å². The number of phenols is 1. The topological polar surface area (TPSA) is 41.5 Å². The van der Waals surface area contributed by atoms with Crippen LogP contribution in [0.5, 0.6) is 11.5 Å². The number of hydrogen-bond donors (Lipinski definition) is 2. The van der Waals surface area contributed by atoms with E-state index in [4.69, 9.17) is 4.74 Å². The third kappa shape index (κ3) is 3.52. The summed E-state index contributed by atoms with van der Waals surface area (Å²) in [4.78, 5) is 0. The molecule has 2 rings (SSSR count). The normalized spacial score (nSPS) is 12.1. The molecule has 0 radical (unpaired) electrons. The molecule has 0 aliphatic rings. The highest BCUT2D eigenvalue weighted by molar-refractivity contribution is 5.36. The van der Waals surface area contributed by atoms with E-state index >= 15 is 0 Å². The van der Waals surface area contributed by atoms with Crippen molar-refractivity contribution in [1.82, 2.24) is 5.32 Å². The van der Waals surface area contributed by atoms with Gasteiger partial charge in [0.1, 0.15) is 18.1 Å². The molecule has 2 aromatic rings. The predicted molar refractivity (Wildman–Crippen MR) is 81.0 cm³/mol. The molecule has 0 aliphatic heterocycles. The maximum absolute atomic E-state index is 9.46. The largest absolute Gasteiger partial charge is 0.508 e. The van der Waals surface area contributed by atoms with Gasteiger partial charge in [0, 0.05) is 11.6 Å². The Morgan fingerprint density at radius 3 is 2.65 bits per heavy atom. The summed E-state index contributed by atoms with van der Waals surface area (Å²) < 4.78 is 5.91. The molecular weight excluding hydrogens is 250 g/mol. The van der Waals surface area contributed by atoms with Crippen molar-refractivity contribution in [1.29, 1.82) is 0 Å². The first-order chi connectivity index (χ1) is 9.74. The van der Waals surface area contributed by atoms with Crippen molar-refractivity contribution in [3.63, 3.8) is 0 Å². The highest BCUT2D eigenvalue weighted by atomic mass is 16.5. The molecule has 2 N–H and O–H groups in total. The number of phenolic OH excluding ortho intramolecular Hbond substituents is 1. The van der Waals surface area contributed by atoms with Gasteiger partial charge in [0.2, 0.25) is 0 Å². The Labute approximate surface area is 120 Å². The third-order valence-electron chi connectivity index (χ3n) is 3.36. The molecule has 0 saturated heterocycles. The molecule has 0 aliphatic carbocycles. The van der Waals surface area contributed by atoms with Crippen LogP contribution in [0.25, 0.3) is 0 Å². The van der Waals surface area contributed by atoms with Crippen LogP contribution in [0.4, 0.5) is 0 Å². The first-order valence-electron chi connectivity index (χ1n) is 6.91. The van der Waals surface area contributed by atoms with Crippen molar-refractivity contribution in [2.45, 2.75) is 26.0 Å². The highest BCUT2D eigenvalue weighted by Crippen LogP contribution is 2.27. The smallest absolute Gasteiger partial charge is 0.124 e. The standard InChI is InChI=1S/C17H21NO2/c1-3-16(18-2)15-9-4-5-10-17(15)20-12-13-7-6-8-14(19)11-13/h4-11,16,18-19H,3,12H2,1-2H3. The second kappa shape index (κ2) is 6.96. The number of benzene rings is 2. The van der Waals surface area contributed by atoms with E-state index in [0.717, 1.165) is 23.3 Å². The molecule has 0 spiro atoms. The molecule has 1 atom stereocenters. The number of nitrogens with one attached hydrogen (secondary N) is 1. The van der Waals surface area contributed by atoms with Gasteiger partial charge in [-0.25, -0.2) is 0 Å². The average molecular weight is 271 g/mol. The quantitative estimate of drug-likeness (QED) is 0.842. The van der Waals surface area contributed by atoms with Crippen LogP contribution in [0.15, 0.2) is 48.5 Å². The Bertz CT molecular complexity index is 550. The zero-order valence-corrected chi connectivity index (χ0v) is 12.0. The van der Waals surface area contributed by atoms with E-state index in [0.29, 0.717) is 6.61 Å². The van der Waals surface area contributed by atoms with Crippen LogP contribution < -0.4 is 10.1 Å². The first kappa shape index (κ1) is 14.4. The molecular formula is C17H21NO2. The Balaban J connectivity index is 2.13. The molecule has 0 heterocycles. The van der Waals surface area contributed by atoms with Gasteiger partial charge in [-0.1, -0.05) is 37.3 Å². The average Bonchev–Trinajstić information content (AvgIpc) is 2.48. The van der Waals surface area contributed by atoms with Crippen molar-refractivity contribution >= 4 is 0 Å². The van der Waals surface area contributed by atoms with Crippen LogP contribution in [0, 0.1) is 0 Å². The second-order valence-corrected chi connectivity index (χ2v) is 4.75. The Hall–Kier alpha value is -2.00. The lowest BCUT2D eigenvalue weighted by molar-refractivity contribution is 0.298. The zero-order valence-electron chi connectivity index (χ0n) is 12.0. The highest BCUT2D eigenvalue weighted by Gasteiger charge is 2.12. The van der Waals surface area contributed by atoms with Gasteiger partial charge in [-0.2, -0.15) is 0 Å². The molecule has 0 bridgehead atoms. The minimum Gasteiger partial charge on any atom is -0.508 e. The zero-order chi connectivity index (χ0) is 14.4. The molecule has 2 aromatic carbocycles. The molecule has 0 aromatic heterocycles. The number of ether oxygens (including phenoxy) is 1. The van der Waals surface area contributed by atoms with E-state index in [-0.39, 0.29) is 11.8 Å².